The molecule has 1 unspecified atom stereocenters. The van der Waals surface area contributed by atoms with E-state index in [-0.39, 0.29) is 17.2 Å². The van der Waals surface area contributed by atoms with Gasteiger partial charge in [-0.1, -0.05) is 6.92 Å². The maximum atomic E-state index is 12.9. The van der Waals surface area contributed by atoms with E-state index in [1.54, 1.807) is 4.90 Å². The summed E-state index contributed by atoms with van der Waals surface area (Å²) in [6.07, 6.45) is 0.968. The first kappa shape index (κ1) is 13.8. The number of rotatable bonds is 2. The average Bonchev–Trinajstić information content (AvgIpc) is 2.38. The molecule has 4 nitrogen and oxygen atoms in total. The number of hydrogen-bond donors (Lipinski definition) is 1. The van der Waals surface area contributed by atoms with Crippen LogP contribution in [-0.2, 0) is 0 Å². The number of phenolic OH excluding ortho intramolecular Hbond substituents is 1. The molecule has 1 aromatic rings. The van der Waals surface area contributed by atoms with Crippen molar-refractivity contribution in [1.29, 1.82) is 0 Å². The van der Waals surface area contributed by atoms with E-state index in [0.717, 1.165) is 19.0 Å². The van der Waals surface area contributed by atoms with Gasteiger partial charge in [0.1, 0.15) is 11.6 Å². The highest BCUT2D eigenvalue weighted by molar-refractivity contribution is 5.96. The maximum absolute atomic E-state index is 12.9. The first-order valence-corrected chi connectivity index (χ1v) is 6.51. The lowest BCUT2D eigenvalue weighted by Crippen LogP contribution is -2.52. The molecule has 1 atom stereocenters. The predicted octanol–water partition coefficient (Wildman–Crippen LogP) is 1.70. The van der Waals surface area contributed by atoms with E-state index in [2.05, 4.69) is 11.8 Å². The normalized spacial score (nSPS) is 20.6. The lowest BCUT2D eigenvalue weighted by Gasteiger charge is -2.39. The number of halogens is 1. The van der Waals surface area contributed by atoms with E-state index in [1.807, 2.05) is 7.05 Å². The summed E-state index contributed by atoms with van der Waals surface area (Å²) in [5.41, 5.74) is 0.167. The molecule has 1 heterocycles. The number of aromatic hydroxyl groups is 1. The largest absolute Gasteiger partial charge is 0.507 e. The molecular formula is C14H19FN2O2. The van der Waals surface area contributed by atoms with Crippen LogP contribution in [0.3, 0.4) is 0 Å². The third-order valence-corrected chi connectivity index (χ3v) is 3.73. The molecule has 5 heteroatoms. The van der Waals surface area contributed by atoms with Gasteiger partial charge in [0.25, 0.3) is 5.91 Å². The molecule has 104 valence electrons. The molecule has 1 N–H and O–H groups in total. The number of likely N-dealkylation sites (N-methyl/N-ethyl adjacent to an activating group) is 1. The molecule has 0 spiro atoms. The highest BCUT2D eigenvalue weighted by Crippen LogP contribution is 2.21. The number of nitrogens with zero attached hydrogens (tertiary/aromatic N) is 2. The van der Waals surface area contributed by atoms with E-state index < -0.39 is 5.82 Å². The summed E-state index contributed by atoms with van der Waals surface area (Å²) in [7, 11) is 2.05. The smallest absolute Gasteiger partial charge is 0.257 e. The van der Waals surface area contributed by atoms with Gasteiger partial charge in [-0.05, 0) is 25.6 Å². The van der Waals surface area contributed by atoms with E-state index in [1.165, 1.54) is 12.1 Å². The Morgan fingerprint density at radius 3 is 2.84 bits per heavy atom. The summed E-state index contributed by atoms with van der Waals surface area (Å²) >= 11 is 0. The molecule has 1 saturated heterocycles. The minimum Gasteiger partial charge on any atom is -0.507 e. The van der Waals surface area contributed by atoms with Crippen LogP contribution < -0.4 is 0 Å². The van der Waals surface area contributed by atoms with Gasteiger partial charge in [0.15, 0.2) is 0 Å². The van der Waals surface area contributed by atoms with Gasteiger partial charge in [0, 0.05) is 31.7 Å². The molecule has 1 aliphatic heterocycles. The van der Waals surface area contributed by atoms with Gasteiger partial charge in [0.05, 0.1) is 5.56 Å². The van der Waals surface area contributed by atoms with Gasteiger partial charge in [-0.15, -0.1) is 0 Å². The van der Waals surface area contributed by atoms with Crippen molar-refractivity contribution in [2.24, 2.45) is 0 Å². The molecule has 0 aliphatic carbocycles. The Morgan fingerprint density at radius 1 is 1.47 bits per heavy atom. The van der Waals surface area contributed by atoms with Crippen molar-refractivity contribution < 1.29 is 14.3 Å². The summed E-state index contributed by atoms with van der Waals surface area (Å²) in [4.78, 5) is 16.3. The fourth-order valence-corrected chi connectivity index (χ4v) is 2.43. The van der Waals surface area contributed by atoms with E-state index in [0.29, 0.717) is 19.1 Å². The van der Waals surface area contributed by atoms with Gasteiger partial charge >= 0.3 is 0 Å². The minimum atomic E-state index is -0.543. The molecule has 1 aliphatic rings. The first-order chi connectivity index (χ1) is 9.02. The van der Waals surface area contributed by atoms with Gasteiger partial charge < -0.3 is 10.0 Å². The molecule has 1 amide bonds. The summed E-state index contributed by atoms with van der Waals surface area (Å²) in [6, 6.07) is 3.84. The number of carbonyl (C=O) groups is 1. The SMILES string of the molecule is CCC1CN(C(=O)c2ccc(F)cc2O)CCN1C. The van der Waals surface area contributed by atoms with Crippen molar-refractivity contribution in [3.63, 3.8) is 0 Å². The molecule has 1 aromatic carbocycles. The molecule has 0 radical (unpaired) electrons. The number of phenols is 1. The number of piperazine rings is 1. The Bertz CT molecular complexity index is 479. The summed E-state index contributed by atoms with van der Waals surface area (Å²) in [6.45, 7) is 4.17. The van der Waals surface area contributed by atoms with Crippen LogP contribution in [0.1, 0.15) is 23.7 Å². The summed E-state index contributed by atoms with van der Waals surface area (Å²) in [5.74, 6) is -1.07. The van der Waals surface area contributed by atoms with Crippen molar-refractivity contribution in [3.8, 4) is 5.75 Å². The zero-order valence-corrected chi connectivity index (χ0v) is 11.3. The number of hydrogen-bond acceptors (Lipinski definition) is 3. The van der Waals surface area contributed by atoms with Crippen molar-refractivity contribution in [1.82, 2.24) is 9.80 Å². The molecule has 0 bridgehead atoms. The van der Waals surface area contributed by atoms with Crippen LogP contribution in [0.5, 0.6) is 5.75 Å². The van der Waals surface area contributed by atoms with Crippen LogP contribution >= 0.6 is 0 Å². The third-order valence-electron chi connectivity index (χ3n) is 3.73. The van der Waals surface area contributed by atoms with Gasteiger partial charge in [-0.3, -0.25) is 9.69 Å². The van der Waals surface area contributed by atoms with Crippen LogP contribution in [0.4, 0.5) is 4.39 Å². The second kappa shape index (κ2) is 5.57. The second-order valence-corrected chi connectivity index (χ2v) is 4.96. The monoisotopic (exact) mass is 266 g/mol. The summed E-state index contributed by atoms with van der Waals surface area (Å²) in [5, 5.41) is 9.67. The van der Waals surface area contributed by atoms with Crippen LogP contribution in [0, 0.1) is 5.82 Å². The standard InChI is InChI=1S/C14H19FN2O2/c1-3-11-9-17(7-6-16(11)2)14(19)12-5-4-10(15)8-13(12)18/h4-5,8,11,18H,3,6-7,9H2,1-2H3. The maximum Gasteiger partial charge on any atom is 0.257 e. The first-order valence-electron chi connectivity index (χ1n) is 6.51. The van der Waals surface area contributed by atoms with Crippen molar-refractivity contribution in [2.45, 2.75) is 19.4 Å². The number of amides is 1. The van der Waals surface area contributed by atoms with Crippen LogP contribution in [0.15, 0.2) is 18.2 Å². The number of carbonyl (C=O) groups excluding carboxylic acids is 1. The lowest BCUT2D eigenvalue weighted by molar-refractivity contribution is 0.0539. The third kappa shape index (κ3) is 2.87. The molecular weight excluding hydrogens is 247 g/mol. The van der Waals surface area contributed by atoms with Crippen molar-refractivity contribution in [2.75, 3.05) is 26.7 Å². The Kier molecular flexibility index (Phi) is 4.04. The highest BCUT2D eigenvalue weighted by atomic mass is 19.1. The van der Waals surface area contributed by atoms with E-state index >= 15 is 0 Å². The van der Waals surface area contributed by atoms with Crippen molar-refractivity contribution >= 4 is 5.91 Å². The summed E-state index contributed by atoms with van der Waals surface area (Å²) < 4.78 is 12.9. The quantitative estimate of drug-likeness (QED) is 0.886. The van der Waals surface area contributed by atoms with E-state index in [9.17, 15) is 14.3 Å². The second-order valence-electron chi connectivity index (χ2n) is 4.96. The molecule has 0 aromatic heterocycles. The van der Waals surface area contributed by atoms with Crippen LogP contribution in [0.25, 0.3) is 0 Å². The zero-order valence-electron chi connectivity index (χ0n) is 11.3. The van der Waals surface area contributed by atoms with Crippen molar-refractivity contribution in [3.05, 3.63) is 29.6 Å². The predicted molar refractivity (Wildman–Crippen MR) is 70.7 cm³/mol. The Hall–Kier alpha value is -1.62. The van der Waals surface area contributed by atoms with Gasteiger partial charge in [0.2, 0.25) is 0 Å². The Labute approximate surface area is 112 Å². The van der Waals surface area contributed by atoms with Gasteiger partial charge in [-0.2, -0.15) is 0 Å². The minimum absolute atomic E-state index is 0.167. The highest BCUT2D eigenvalue weighted by Gasteiger charge is 2.27. The van der Waals surface area contributed by atoms with Crippen LogP contribution in [-0.4, -0.2) is 53.5 Å². The molecule has 1 fully saturated rings. The van der Waals surface area contributed by atoms with Crippen LogP contribution in [0.2, 0.25) is 0 Å². The molecule has 19 heavy (non-hydrogen) atoms. The Balaban J connectivity index is 2.15. The molecule has 2 rings (SSSR count). The zero-order chi connectivity index (χ0) is 14.0. The fourth-order valence-electron chi connectivity index (χ4n) is 2.43. The average molecular weight is 266 g/mol. The molecule has 0 saturated carbocycles. The van der Waals surface area contributed by atoms with E-state index in [4.69, 9.17) is 0 Å². The Morgan fingerprint density at radius 2 is 2.21 bits per heavy atom. The topological polar surface area (TPSA) is 43.8 Å². The van der Waals surface area contributed by atoms with Gasteiger partial charge in [-0.25, -0.2) is 4.39 Å². The fraction of sp³-hybridized carbons (Fsp3) is 0.500. The lowest BCUT2D eigenvalue weighted by atomic mass is 10.1. The number of benzene rings is 1.